The fourth-order valence-corrected chi connectivity index (χ4v) is 2.78. The van der Waals surface area contributed by atoms with E-state index in [0.717, 1.165) is 25.3 Å². The summed E-state index contributed by atoms with van der Waals surface area (Å²) in [6, 6.07) is 3.50. The van der Waals surface area contributed by atoms with Crippen molar-refractivity contribution in [3.8, 4) is 11.4 Å². The molecule has 0 saturated heterocycles. The van der Waals surface area contributed by atoms with E-state index in [-0.39, 0.29) is 34.6 Å². The van der Waals surface area contributed by atoms with Gasteiger partial charge in [0, 0.05) is 12.0 Å². The molecule has 128 valence electrons. The highest BCUT2D eigenvalue weighted by molar-refractivity contribution is 5.97. The smallest absolute Gasteiger partial charge is 0.329 e. The Morgan fingerprint density at radius 2 is 2.04 bits per heavy atom. The summed E-state index contributed by atoms with van der Waals surface area (Å²) in [5, 5.41) is 3.19. The molecule has 0 spiro atoms. The highest BCUT2D eigenvalue weighted by Gasteiger charge is 2.38. The summed E-state index contributed by atoms with van der Waals surface area (Å²) in [7, 11) is 0. The molecule has 8 heteroatoms. The van der Waals surface area contributed by atoms with Gasteiger partial charge in [0.15, 0.2) is 5.78 Å². The number of nitrogens with zero attached hydrogens (tertiary/aromatic N) is 2. The largest absolute Gasteiger partial charge is 0.471 e. The molecule has 1 fully saturated rings. The van der Waals surface area contributed by atoms with Gasteiger partial charge in [-0.15, -0.1) is 0 Å². The molecule has 4 nitrogen and oxygen atoms in total. The second-order valence-corrected chi connectivity index (χ2v) is 6.38. The third-order valence-electron chi connectivity index (χ3n) is 4.34. The highest BCUT2D eigenvalue weighted by atomic mass is 19.4. The number of carbonyl (C=O) groups excluding carboxylic acids is 1. The molecule has 24 heavy (non-hydrogen) atoms. The first-order chi connectivity index (χ1) is 11.2. The van der Waals surface area contributed by atoms with E-state index in [1.165, 1.54) is 12.1 Å². The minimum absolute atomic E-state index is 0.0122. The van der Waals surface area contributed by atoms with Gasteiger partial charge >= 0.3 is 12.1 Å². The van der Waals surface area contributed by atoms with E-state index in [0.29, 0.717) is 0 Å². The Labute approximate surface area is 134 Å². The average molecular weight is 342 g/mol. The number of ketones is 1. The van der Waals surface area contributed by atoms with E-state index in [1.807, 2.05) is 6.92 Å². The fourth-order valence-electron chi connectivity index (χ4n) is 2.78. The van der Waals surface area contributed by atoms with Crippen LogP contribution in [0.25, 0.3) is 11.4 Å². The van der Waals surface area contributed by atoms with Crippen molar-refractivity contribution in [3.63, 3.8) is 0 Å². The zero-order valence-electron chi connectivity index (χ0n) is 12.8. The number of aromatic nitrogens is 2. The topological polar surface area (TPSA) is 56.0 Å². The molecule has 0 N–H and O–H groups in total. The van der Waals surface area contributed by atoms with Crippen LogP contribution in [0.15, 0.2) is 22.7 Å². The van der Waals surface area contributed by atoms with Gasteiger partial charge in [0.05, 0.1) is 5.56 Å². The summed E-state index contributed by atoms with van der Waals surface area (Å²) in [5.41, 5.74) is -0.151. The molecular weight excluding hydrogens is 328 g/mol. The lowest BCUT2D eigenvalue weighted by atomic mass is 9.67. The summed E-state index contributed by atoms with van der Waals surface area (Å²) < 4.78 is 55.7. The summed E-state index contributed by atoms with van der Waals surface area (Å²) >= 11 is 0. The van der Waals surface area contributed by atoms with Crippen molar-refractivity contribution in [1.29, 1.82) is 0 Å². The van der Waals surface area contributed by atoms with Crippen LogP contribution in [0, 0.1) is 11.2 Å². The third-order valence-corrected chi connectivity index (χ3v) is 4.34. The monoisotopic (exact) mass is 342 g/mol. The van der Waals surface area contributed by atoms with Gasteiger partial charge in [-0.2, -0.15) is 18.2 Å². The number of Topliss-reactive ketones (excluding diaryl/α,β-unsaturated/α-hetero) is 1. The van der Waals surface area contributed by atoms with Crippen LogP contribution in [-0.4, -0.2) is 15.9 Å². The number of halogens is 4. The molecule has 2 aromatic rings. The van der Waals surface area contributed by atoms with E-state index in [4.69, 9.17) is 0 Å². The van der Waals surface area contributed by atoms with Crippen LogP contribution in [0.2, 0.25) is 0 Å². The predicted octanol–water partition coefficient (Wildman–Crippen LogP) is 4.66. The van der Waals surface area contributed by atoms with E-state index in [2.05, 4.69) is 14.7 Å². The summed E-state index contributed by atoms with van der Waals surface area (Å²) in [6.07, 6.45) is -1.59. The molecule has 1 aromatic carbocycles. The Balaban J connectivity index is 1.82. The molecule has 1 aliphatic carbocycles. The fraction of sp³-hybridized carbons (Fsp3) is 0.438. The number of carbonyl (C=O) groups is 1. The van der Waals surface area contributed by atoms with E-state index in [1.54, 1.807) is 0 Å². The van der Waals surface area contributed by atoms with Gasteiger partial charge in [-0.3, -0.25) is 4.79 Å². The van der Waals surface area contributed by atoms with Crippen LogP contribution in [-0.2, 0) is 6.18 Å². The molecule has 0 atom stereocenters. The molecule has 0 amide bonds. The van der Waals surface area contributed by atoms with Crippen molar-refractivity contribution in [2.75, 3.05) is 0 Å². The maximum absolute atomic E-state index is 14.2. The number of hydrogen-bond acceptors (Lipinski definition) is 4. The van der Waals surface area contributed by atoms with Gasteiger partial charge < -0.3 is 4.52 Å². The molecular formula is C16H14F4N2O2. The average Bonchev–Trinajstić information content (AvgIpc) is 2.95. The first kappa shape index (κ1) is 16.6. The maximum Gasteiger partial charge on any atom is 0.471 e. The van der Waals surface area contributed by atoms with Gasteiger partial charge in [-0.05, 0) is 30.4 Å². The SMILES string of the molecule is CC1(CC(=O)c2ccc(-c3noc(C(F)(F)F)n3)cc2F)CCC1. The molecule has 1 heterocycles. The lowest BCUT2D eigenvalue weighted by Crippen LogP contribution is -2.28. The first-order valence-electron chi connectivity index (χ1n) is 7.42. The van der Waals surface area contributed by atoms with E-state index >= 15 is 0 Å². The third kappa shape index (κ3) is 3.18. The number of hydrogen-bond donors (Lipinski definition) is 0. The Bertz CT molecular complexity index is 779. The van der Waals surface area contributed by atoms with Crippen molar-refractivity contribution < 1.29 is 26.9 Å². The molecule has 0 radical (unpaired) electrons. The minimum Gasteiger partial charge on any atom is -0.329 e. The molecule has 1 aromatic heterocycles. The van der Waals surface area contributed by atoms with Crippen molar-refractivity contribution >= 4 is 5.78 Å². The van der Waals surface area contributed by atoms with Gasteiger partial charge in [-0.1, -0.05) is 24.6 Å². The second kappa shape index (κ2) is 5.68. The van der Waals surface area contributed by atoms with E-state index in [9.17, 15) is 22.4 Å². The summed E-state index contributed by atoms with van der Waals surface area (Å²) in [4.78, 5) is 15.4. The van der Waals surface area contributed by atoms with Crippen molar-refractivity contribution in [1.82, 2.24) is 10.1 Å². The maximum atomic E-state index is 14.2. The standard InChI is InChI=1S/C16H14F4N2O2/c1-15(5-2-6-15)8-12(23)10-4-3-9(7-11(10)17)13-21-14(24-22-13)16(18,19)20/h3-4,7H,2,5-6,8H2,1H3. The normalized spacial score (nSPS) is 16.7. The number of benzene rings is 1. The van der Waals surface area contributed by atoms with E-state index < -0.39 is 17.9 Å². The first-order valence-corrected chi connectivity index (χ1v) is 7.42. The molecule has 1 aliphatic rings. The molecule has 1 saturated carbocycles. The molecule has 0 aliphatic heterocycles. The van der Waals surface area contributed by atoms with Crippen molar-refractivity contribution in [2.45, 2.75) is 38.8 Å². The van der Waals surface area contributed by atoms with Crippen LogP contribution in [0.5, 0.6) is 0 Å². The minimum atomic E-state index is -4.77. The van der Waals surface area contributed by atoms with Gasteiger partial charge in [0.1, 0.15) is 5.82 Å². The second-order valence-electron chi connectivity index (χ2n) is 6.38. The zero-order valence-corrected chi connectivity index (χ0v) is 12.8. The summed E-state index contributed by atoms with van der Waals surface area (Å²) in [5.74, 6) is -3.01. The Kier molecular flexibility index (Phi) is 3.93. The van der Waals surface area contributed by atoms with Gasteiger partial charge in [0.25, 0.3) is 0 Å². The van der Waals surface area contributed by atoms with Crippen LogP contribution >= 0.6 is 0 Å². The highest BCUT2D eigenvalue weighted by Crippen LogP contribution is 2.44. The number of rotatable bonds is 4. The molecule has 0 unspecified atom stereocenters. The molecule has 3 rings (SSSR count). The van der Waals surface area contributed by atoms with Crippen LogP contribution in [0.3, 0.4) is 0 Å². The molecule has 0 bridgehead atoms. The lowest BCUT2D eigenvalue weighted by Gasteiger charge is -2.37. The zero-order chi connectivity index (χ0) is 17.5. The Morgan fingerprint density at radius 1 is 1.33 bits per heavy atom. The van der Waals surface area contributed by atoms with Crippen LogP contribution < -0.4 is 0 Å². The lowest BCUT2D eigenvalue weighted by molar-refractivity contribution is -0.159. The quantitative estimate of drug-likeness (QED) is 0.599. The van der Waals surface area contributed by atoms with Crippen LogP contribution in [0.1, 0.15) is 48.9 Å². The number of alkyl halides is 3. The summed E-state index contributed by atoms with van der Waals surface area (Å²) in [6.45, 7) is 1.98. The predicted molar refractivity (Wildman–Crippen MR) is 75.6 cm³/mol. The van der Waals surface area contributed by atoms with Crippen LogP contribution in [0.4, 0.5) is 17.6 Å². The van der Waals surface area contributed by atoms with Gasteiger partial charge in [-0.25, -0.2) is 4.39 Å². The Morgan fingerprint density at radius 3 is 2.54 bits per heavy atom. The Hall–Kier alpha value is -2.25. The van der Waals surface area contributed by atoms with Crippen molar-refractivity contribution in [3.05, 3.63) is 35.5 Å². The van der Waals surface area contributed by atoms with Gasteiger partial charge in [0.2, 0.25) is 5.82 Å². The van der Waals surface area contributed by atoms with Crippen molar-refractivity contribution in [2.24, 2.45) is 5.41 Å².